The number of benzene rings is 1. The number of likely N-dealkylation sites (tertiary alicyclic amines) is 1. The van der Waals surface area contributed by atoms with Gasteiger partial charge in [0, 0.05) is 31.5 Å². The van der Waals surface area contributed by atoms with Crippen molar-refractivity contribution in [2.24, 2.45) is 0 Å². The number of imidazole rings is 1. The summed E-state index contributed by atoms with van der Waals surface area (Å²) in [6.45, 7) is 4.90. The monoisotopic (exact) mass is 514 g/mol. The second-order valence-electron chi connectivity index (χ2n) is 8.72. The Labute approximate surface area is 217 Å². The van der Waals surface area contributed by atoms with Crippen LogP contribution >= 0.6 is 11.3 Å². The Hall–Kier alpha value is -4.31. The summed E-state index contributed by atoms with van der Waals surface area (Å²) in [6, 6.07) is 14.6. The molecule has 4 aromatic rings. The van der Waals surface area contributed by atoms with E-state index in [0.29, 0.717) is 34.5 Å². The molecular formula is C27H26N6O3S. The van der Waals surface area contributed by atoms with Crippen LogP contribution in [-0.2, 0) is 4.79 Å². The fourth-order valence-electron chi connectivity index (χ4n) is 4.56. The van der Waals surface area contributed by atoms with E-state index in [0.717, 1.165) is 30.3 Å². The smallest absolute Gasteiger partial charge is 0.268 e. The van der Waals surface area contributed by atoms with Gasteiger partial charge in [-0.2, -0.15) is 0 Å². The van der Waals surface area contributed by atoms with Crippen molar-refractivity contribution in [2.45, 2.75) is 25.3 Å². The number of aromatic nitrogens is 3. The predicted molar refractivity (Wildman–Crippen MR) is 144 cm³/mol. The number of nitrogens with one attached hydrogen (secondary N) is 2. The molecule has 5 rings (SSSR count). The molecule has 1 aliphatic rings. The molecule has 188 valence electrons. The van der Waals surface area contributed by atoms with Gasteiger partial charge in [0.25, 0.3) is 11.8 Å². The molecule has 0 aliphatic carbocycles. The zero-order valence-electron chi connectivity index (χ0n) is 20.1. The van der Waals surface area contributed by atoms with E-state index in [-0.39, 0.29) is 23.8 Å². The third-order valence-corrected chi connectivity index (χ3v) is 7.36. The van der Waals surface area contributed by atoms with Crippen LogP contribution < -0.4 is 10.6 Å². The summed E-state index contributed by atoms with van der Waals surface area (Å²) in [7, 11) is 0. The van der Waals surface area contributed by atoms with Crippen molar-refractivity contribution in [3.63, 3.8) is 0 Å². The van der Waals surface area contributed by atoms with Crippen LogP contribution in [0.3, 0.4) is 0 Å². The maximum absolute atomic E-state index is 13.2. The zero-order chi connectivity index (χ0) is 25.8. The molecule has 3 amide bonds. The van der Waals surface area contributed by atoms with E-state index < -0.39 is 0 Å². The van der Waals surface area contributed by atoms with Crippen molar-refractivity contribution in [1.29, 1.82) is 0 Å². The Morgan fingerprint density at radius 2 is 1.86 bits per heavy atom. The van der Waals surface area contributed by atoms with E-state index in [1.54, 1.807) is 30.5 Å². The molecule has 37 heavy (non-hydrogen) atoms. The molecule has 0 unspecified atom stereocenters. The lowest BCUT2D eigenvalue weighted by Gasteiger charge is -2.21. The van der Waals surface area contributed by atoms with Gasteiger partial charge in [0.1, 0.15) is 0 Å². The van der Waals surface area contributed by atoms with E-state index in [2.05, 4.69) is 26.8 Å². The normalized spacial score (nSPS) is 15.7. The van der Waals surface area contributed by atoms with Crippen molar-refractivity contribution in [1.82, 2.24) is 19.4 Å². The fourth-order valence-corrected chi connectivity index (χ4v) is 5.36. The van der Waals surface area contributed by atoms with E-state index in [4.69, 9.17) is 4.98 Å². The Kier molecular flexibility index (Phi) is 7.09. The average molecular weight is 515 g/mol. The number of fused-ring (bicyclic) bond motifs is 1. The number of nitrogens with zero attached hydrogens (tertiary/aromatic N) is 4. The van der Waals surface area contributed by atoms with Crippen molar-refractivity contribution in [3.05, 3.63) is 84.0 Å². The molecule has 1 saturated heterocycles. The Balaban J connectivity index is 1.35. The Bertz CT molecular complexity index is 1460. The van der Waals surface area contributed by atoms with Crippen LogP contribution in [0, 0.1) is 0 Å². The van der Waals surface area contributed by atoms with E-state index in [9.17, 15) is 14.4 Å². The summed E-state index contributed by atoms with van der Waals surface area (Å²) in [6.07, 6.45) is 6.88. The van der Waals surface area contributed by atoms with Crippen LogP contribution in [0.2, 0.25) is 0 Å². The van der Waals surface area contributed by atoms with Crippen LogP contribution in [0.5, 0.6) is 0 Å². The minimum atomic E-state index is -0.305. The summed E-state index contributed by atoms with van der Waals surface area (Å²) >= 11 is 1.19. The first-order valence-electron chi connectivity index (χ1n) is 12.0. The van der Waals surface area contributed by atoms with Gasteiger partial charge in [-0.15, -0.1) is 11.3 Å². The van der Waals surface area contributed by atoms with Gasteiger partial charge in [0.05, 0.1) is 26.5 Å². The largest absolute Gasteiger partial charge is 0.339 e. The molecule has 4 heterocycles. The molecule has 1 fully saturated rings. The third kappa shape index (κ3) is 5.29. The number of hydrogen-bond acceptors (Lipinski definition) is 6. The molecule has 0 spiro atoms. The van der Waals surface area contributed by atoms with Crippen LogP contribution in [0.1, 0.15) is 45.3 Å². The quantitative estimate of drug-likeness (QED) is 0.361. The van der Waals surface area contributed by atoms with Crippen LogP contribution in [0.4, 0.5) is 10.9 Å². The summed E-state index contributed by atoms with van der Waals surface area (Å²) in [5, 5.41) is 6.35. The van der Waals surface area contributed by atoms with Crippen LogP contribution in [-0.4, -0.2) is 50.2 Å². The number of para-hydroxylation sites is 2. The number of hydrogen-bond donors (Lipinski definition) is 2. The highest BCUT2D eigenvalue weighted by molar-refractivity contribution is 7.18. The summed E-state index contributed by atoms with van der Waals surface area (Å²) in [4.78, 5) is 48.7. The van der Waals surface area contributed by atoms with Crippen molar-refractivity contribution < 1.29 is 14.4 Å². The zero-order valence-corrected chi connectivity index (χ0v) is 20.9. The molecule has 1 aliphatic heterocycles. The molecular weight excluding hydrogens is 488 g/mol. The first-order chi connectivity index (χ1) is 18.0. The molecule has 9 nitrogen and oxygen atoms in total. The molecule has 1 aromatic carbocycles. The molecule has 2 N–H and O–H groups in total. The molecule has 0 saturated carbocycles. The fraction of sp³-hybridized carbons (Fsp3) is 0.222. The number of carbonyl (C=O) groups excluding carboxylic acids is 3. The summed E-state index contributed by atoms with van der Waals surface area (Å²) in [5.41, 5.74) is 2.16. The Morgan fingerprint density at radius 1 is 1.00 bits per heavy atom. The average Bonchev–Trinajstić information content (AvgIpc) is 3.45. The first kappa shape index (κ1) is 24.4. The van der Waals surface area contributed by atoms with Gasteiger partial charge >= 0.3 is 0 Å². The lowest BCUT2D eigenvalue weighted by atomic mass is 10.1. The van der Waals surface area contributed by atoms with Crippen LogP contribution in [0.15, 0.2) is 73.6 Å². The highest BCUT2D eigenvalue weighted by Crippen LogP contribution is 2.32. The predicted octanol–water partition coefficient (Wildman–Crippen LogP) is 4.74. The van der Waals surface area contributed by atoms with Crippen LogP contribution in [0.25, 0.3) is 11.0 Å². The minimum absolute atomic E-state index is 0.0613. The number of rotatable bonds is 6. The number of carbonyl (C=O) groups is 3. The van der Waals surface area contributed by atoms with Crippen molar-refractivity contribution >= 4 is 51.0 Å². The second kappa shape index (κ2) is 10.8. The lowest BCUT2D eigenvalue weighted by molar-refractivity contribution is -0.125. The molecule has 10 heteroatoms. The summed E-state index contributed by atoms with van der Waals surface area (Å²) in [5.74, 6) is -0.190. The number of pyridine rings is 1. The lowest BCUT2D eigenvalue weighted by Crippen LogP contribution is -2.30. The highest BCUT2D eigenvalue weighted by atomic mass is 32.1. The van der Waals surface area contributed by atoms with Gasteiger partial charge in [-0.25, -0.2) is 4.98 Å². The number of anilines is 2. The van der Waals surface area contributed by atoms with Gasteiger partial charge in [0.2, 0.25) is 11.9 Å². The standard InChI is InChI=1S/C27H26N6O3S/c1-2-24(34)32-15-6-8-19(13-16-32)33-21-10-4-3-9-20(21)29-27(33)31-26(36)22-11-12-23(37-22)30-25(35)18-7-5-14-28-17-18/h2-5,7,9-12,14,17,19H,1,6,8,13,15-16H2,(H,30,35)(H,29,31,36)/t19-/m1/s1. The van der Waals surface area contributed by atoms with E-state index in [1.165, 1.54) is 23.6 Å². The maximum Gasteiger partial charge on any atom is 0.268 e. The number of thiophene rings is 1. The molecule has 0 radical (unpaired) electrons. The van der Waals surface area contributed by atoms with E-state index >= 15 is 0 Å². The SMILES string of the molecule is C=CC(=O)N1CCC[C@@H](n2c(NC(=O)c3ccc(NC(=O)c4cccnc4)s3)nc3ccccc32)CC1. The van der Waals surface area contributed by atoms with Gasteiger partial charge in [0.15, 0.2) is 0 Å². The molecule has 3 aromatic heterocycles. The molecule has 0 bridgehead atoms. The second-order valence-corrected chi connectivity index (χ2v) is 9.81. The van der Waals surface area contributed by atoms with Gasteiger partial charge < -0.3 is 14.8 Å². The molecule has 1 atom stereocenters. The van der Waals surface area contributed by atoms with Crippen molar-refractivity contribution in [2.75, 3.05) is 23.7 Å². The van der Waals surface area contributed by atoms with E-state index in [1.807, 2.05) is 29.2 Å². The van der Waals surface area contributed by atoms with Gasteiger partial charge in [-0.05, 0) is 61.7 Å². The minimum Gasteiger partial charge on any atom is -0.339 e. The summed E-state index contributed by atoms with van der Waals surface area (Å²) < 4.78 is 2.08. The number of amides is 3. The topological polar surface area (TPSA) is 109 Å². The first-order valence-corrected chi connectivity index (χ1v) is 12.9. The third-order valence-electron chi connectivity index (χ3n) is 6.36. The highest BCUT2D eigenvalue weighted by Gasteiger charge is 2.25. The van der Waals surface area contributed by atoms with Crippen molar-refractivity contribution in [3.8, 4) is 0 Å². The van der Waals surface area contributed by atoms with Gasteiger partial charge in [-0.1, -0.05) is 18.7 Å². The Morgan fingerprint density at radius 3 is 2.68 bits per heavy atom. The van der Waals surface area contributed by atoms with Gasteiger partial charge in [-0.3, -0.25) is 24.7 Å². The maximum atomic E-state index is 13.2.